The number of benzene rings is 1. The SMILES string of the molecule is CN=C(NCCCCN1CCOCC1)NCC1COc2ccccc2O1. The molecule has 2 heterocycles. The maximum Gasteiger partial charge on any atom is 0.191 e. The van der Waals surface area contributed by atoms with Crippen LogP contribution in [0.25, 0.3) is 0 Å². The summed E-state index contributed by atoms with van der Waals surface area (Å²) in [6, 6.07) is 7.76. The molecule has 0 saturated carbocycles. The molecule has 1 saturated heterocycles. The second kappa shape index (κ2) is 10.2. The van der Waals surface area contributed by atoms with E-state index < -0.39 is 0 Å². The molecular weight excluding hydrogens is 332 g/mol. The molecule has 0 radical (unpaired) electrons. The van der Waals surface area contributed by atoms with Gasteiger partial charge in [-0.25, -0.2) is 0 Å². The first-order valence-electron chi connectivity index (χ1n) is 9.48. The molecule has 3 rings (SSSR count). The maximum atomic E-state index is 5.95. The first kappa shape index (κ1) is 18.8. The van der Waals surface area contributed by atoms with Crippen LogP contribution < -0.4 is 20.1 Å². The van der Waals surface area contributed by atoms with Crippen LogP contribution in [0.3, 0.4) is 0 Å². The van der Waals surface area contributed by atoms with Crippen LogP contribution in [0.1, 0.15) is 12.8 Å². The Labute approximate surface area is 155 Å². The van der Waals surface area contributed by atoms with Gasteiger partial charge in [-0.2, -0.15) is 0 Å². The van der Waals surface area contributed by atoms with Gasteiger partial charge < -0.3 is 24.8 Å². The summed E-state index contributed by atoms with van der Waals surface area (Å²) in [4.78, 5) is 6.74. The van der Waals surface area contributed by atoms with Crippen molar-refractivity contribution in [3.63, 3.8) is 0 Å². The number of unbranched alkanes of at least 4 members (excludes halogenated alkanes) is 1. The Balaban J connectivity index is 1.29. The Hall–Kier alpha value is -1.99. The second-order valence-electron chi connectivity index (χ2n) is 6.54. The van der Waals surface area contributed by atoms with Crippen molar-refractivity contribution in [3.05, 3.63) is 24.3 Å². The number of hydrogen-bond acceptors (Lipinski definition) is 5. The highest BCUT2D eigenvalue weighted by molar-refractivity contribution is 5.79. The first-order chi connectivity index (χ1) is 12.8. The van der Waals surface area contributed by atoms with E-state index in [4.69, 9.17) is 14.2 Å². The number of fused-ring (bicyclic) bond motifs is 1. The van der Waals surface area contributed by atoms with Crippen LogP contribution in [0.15, 0.2) is 29.3 Å². The molecule has 7 nitrogen and oxygen atoms in total. The molecule has 0 aliphatic carbocycles. The van der Waals surface area contributed by atoms with Crippen molar-refractivity contribution in [1.29, 1.82) is 0 Å². The largest absolute Gasteiger partial charge is 0.486 e. The predicted molar refractivity (Wildman–Crippen MR) is 102 cm³/mol. The number of nitrogens with one attached hydrogen (secondary N) is 2. The Kier molecular flexibility index (Phi) is 7.39. The standard InChI is InChI=1S/C19H30N4O3/c1-20-19(21-8-4-5-9-23-10-12-24-13-11-23)22-14-16-15-25-17-6-2-3-7-18(17)26-16/h2-3,6-7,16H,4-5,8-15H2,1H3,(H2,20,21,22). The summed E-state index contributed by atoms with van der Waals surface area (Å²) in [7, 11) is 1.79. The van der Waals surface area contributed by atoms with E-state index >= 15 is 0 Å². The molecule has 1 atom stereocenters. The molecule has 2 N–H and O–H groups in total. The Morgan fingerprint density at radius 3 is 2.77 bits per heavy atom. The molecule has 0 spiro atoms. The first-order valence-corrected chi connectivity index (χ1v) is 9.48. The molecule has 1 aromatic carbocycles. The average molecular weight is 362 g/mol. The van der Waals surface area contributed by atoms with Gasteiger partial charge in [-0.15, -0.1) is 0 Å². The zero-order chi connectivity index (χ0) is 18.0. The lowest BCUT2D eigenvalue weighted by molar-refractivity contribution is 0.0372. The molecular formula is C19H30N4O3. The van der Waals surface area contributed by atoms with Gasteiger partial charge in [0.15, 0.2) is 17.5 Å². The summed E-state index contributed by atoms with van der Waals surface area (Å²) in [5, 5.41) is 6.68. The van der Waals surface area contributed by atoms with Gasteiger partial charge in [-0.05, 0) is 31.5 Å². The van der Waals surface area contributed by atoms with E-state index in [9.17, 15) is 0 Å². The van der Waals surface area contributed by atoms with E-state index in [2.05, 4.69) is 20.5 Å². The minimum absolute atomic E-state index is 0.0234. The third-order valence-electron chi connectivity index (χ3n) is 4.59. The highest BCUT2D eigenvalue weighted by Crippen LogP contribution is 2.30. The fraction of sp³-hybridized carbons (Fsp3) is 0.632. The van der Waals surface area contributed by atoms with Crippen molar-refractivity contribution in [2.75, 3.05) is 59.6 Å². The van der Waals surface area contributed by atoms with Crippen molar-refractivity contribution in [1.82, 2.24) is 15.5 Å². The number of aliphatic imine (C=N–C) groups is 1. The zero-order valence-corrected chi connectivity index (χ0v) is 15.6. The van der Waals surface area contributed by atoms with E-state index in [1.807, 2.05) is 24.3 Å². The van der Waals surface area contributed by atoms with Crippen molar-refractivity contribution in [2.45, 2.75) is 18.9 Å². The summed E-state index contributed by atoms with van der Waals surface area (Å²) >= 11 is 0. The number of rotatable bonds is 7. The molecule has 1 fully saturated rings. The highest BCUT2D eigenvalue weighted by atomic mass is 16.6. The molecule has 1 aromatic rings. The summed E-state index contributed by atoms with van der Waals surface area (Å²) in [6.07, 6.45) is 2.28. The molecule has 2 aliphatic rings. The predicted octanol–water partition coefficient (Wildman–Crippen LogP) is 1.10. The van der Waals surface area contributed by atoms with Gasteiger partial charge >= 0.3 is 0 Å². The third-order valence-corrected chi connectivity index (χ3v) is 4.59. The summed E-state index contributed by atoms with van der Waals surface area (Å²) in [5.74, 6) is 2.42. The molecule has 0 bridgehead atoms. The molecule has 0 aromatic heterocycles. The molecule has 144 valence electrons. The lowest BCUT2D eigenvalue weighted by Gasteiger charge is -2.27. The number of morpholine rings is 1. The van der Waals surface area contributed by atoms with Crippen molar-refractivity contribution in [2.24, 2.45) is 4.99 Å². The number of para-hydroxylation sites is 2. The molecule has 26 heavy (non-hydrogen) atoms. The van der Waals surface area contributed by atoms with Crippen molar-refractivity contribution in [3.8, 4) is 11.5 Å². The Morgan fingerprint density at radius 2 is 1.96 bits per heavy atom. The number of guanidine groups is 1. The van der Waals surface area contributed by atoms with Gasteiger partial charge in [0, 0.05) is 26.7 Å². The van der Waals surface area contributed by atoms with Gasteiger partial charge in [0.2, 0.25) is 0 Å². The Bertz CT molecular complexity index is 576. The quantitative estimate of drug-likeness (QED) is 0.430. The van der Waals surface area contributed by atoms with Gasteiger partial charge in [0.25, 0.3) is 0 Å². The summed E-state index contributed by atoms with van der Waals surface area (Å²) in [6.45, 7) is 7.10. The summed E-state index contributed by atoms with van der Waals surface area (Å²) in [5.41, 5.74) is 0. The van der Waals surface area contributed by atoms with E-state index in [0.717, 1.165) is 63.3 Å². The lowest BCUT2D eigenvalue weighted by Crippen LogP contribution is -2.45. The molecule has 2 aliphatic heterocycles. The molecule has 1 unspecified atom stereocenters. The topological polar surface area (TPSA) is 67.4 Å². The second-order valence-corrected chi connectivity index (χ2v) is 6.54. The maximum absolute atomic E-state index is 5.95. The third kappa shape index (κ3) is 5.78. The van der Waals surface area contributed by atoms with Gasteiger partial charge in [-0.3, -0.25) is 9.89 Å². The van der Waals surface area contributed by atoms with Crippen LogP contribution in [0.2, 0.25) is 0 Å². The monoisotopic (exact) mass is 362 g/mol. The zero-order valence-electron chi connectivity index (χ0n) is 15.6. The number of hydrogen-bond donors (Lipinski definition) is 2. The van der Waals surface area contributed by atoms with Gasteiger partial charge in [-0.1, -0.05) is 12.1 Å². The Morgan fingerprint density at radius 1 is 1.15 bits per heavy atom. The molecule has 0 amide bonds. The van der Waals surface area contributed by atoms with E-state index in [1.165, 1.54) is 6.42 Å². The van der Waals surface area contributed by atoms with Crippen LogP contribution >= 0.6 is 0 Å². The van der Waals surface area contributed by atoms with Crippen LogP contribution in [-0.2, 0) is 4.74 Å². The van der Waals surface area contributed by atoms with Gasteiger partial charge in [0.05, 0.1) is 19.8 Å². The van der Waals surface area contributed by atoms with Crippen LogP contribution in [0.4, 0.5) is 0 Å². The van der Waals surface area contributed by atoms with Crippen LogP contribution in [-0.4, -0.2) is 76.6 Å². The lowest BCUT2D eigenvalue weighted by atomic mass is 10.2. The minimum Gasteiger partial charge on any atom is -0.486 e. The van der Waals surface area contributed by atoms with Gasteiger partial charge in [0.1, 0.15) is 12.7 Å². The van der Waals surface area contributed by atoms with Crippen molar-refractivity contribution < 1.29 is 14.2 Å². The van der Waals surface area contributed by atoms with E-state index in [0.29, 0.717) is 13.2 Å². The highest BCUT2D eigenvalue weighted by Gasteiger charge is 2.20. The average Bonchev–Trinajstić information content (AvgIpc) is 2.70. The van der Waals surface area contributed by atoms with Crippen molar-refractivity contribution >= 4 is 5.96 Å². The van der Waals surface area contributed by atoms with E-state index in [-0.39, 0.29) is 6.10 Å². The fourth-order valence-corrected chi connectivity index (χ4v) is 3.09. The normalized spacial score (nSPS) is 20.7. The smallest absolute Gasteiger partial charge is 0.191 e. The number of ether oxygens (including phenoxy) is 3. The minimum atomic E-state index is -0.0234. The molecule has 7 heteroatoms. The fourth-order valence-electron chi connectivity index (χ4n) is 3.09. The number of nitrogens with zero attached hydrogens (tertiary/aromatic N) is 2. The van der Waals surface area contributed by atoms with E-state index in [1.54, 1.807) is 7.05 Å². The van der Waals surface area contributed by atoms with Crippen LogP contribution in [0.5, 0.6) is 11.5 Å². The van der Waals surface area contributed by atoms with Crippen LogP contribution in [0, 0.1) is 0 Å². The summed E-state index contributed by atoms with van der Waals surface area (Å²) < 4.78 is 17.1.